The number of hydrogen-bond donors (Lipinski definition) is 1. The Hall–Kier alpha value is -0.290. The van der Waals surface area contributed by atoms with E-state index in [1.54, 1.807) is 14.0 Å². The maximum atomic E-state index is 13.1. The second kappa shape index (κ2) is 6.75. The van der Waals surface area contributed by atoms with Crippen molar-refractivity contribution in [3.05, 3.63) is 0 Å². The van der Waals surface area contributed by atoms with Crippen LogP contribution in [0.25, 0.3) is 0 Å². The molecular formula is C13H25F3N2. The molecule has 1 fully saturated rings. The van der Waals surface area contributed by atoms with E-state index in [9.17, 15) is 13.2 Å². The fourth-order valence-electron chi connectivity index (χ4n) is 2.89. The fourth-order valence-corrected chi connectivity index (χ4v) is 2.89. The van der Waals surface area contributed by atoms with Crippen LogP contribution in [0.4, 0.5) is 13.2 Å². The van der Waals surface area contributed by atoms with Gasteiger partial charge in [0.05, 0.1) is 0 Å². The summed E-state index contributed by atoms with van der Waals surface area (Å²) in [6.45, 7) is 1.71. The molecule has 108 valence electrons. The largest absolute Gasteiger partial charge is 0.405 e. The summed E-state index contributed by atoms with van der Waals surface area (Å²) in [6.07, 6.45) is 2.17. The molecule has 5 heteroatoms. The lowest BCUT2D eigenvalue weighted by Gasteiger charge is -2.38. The molecule has 0 spiro atoms. The zero-order chi connectivity index (χ0) is 13.8. The molecule has 0 aliphatic heterocycles. The maximum absolute atomic E-state index is 13.1. The first-order valence-corrected chi connectivity index (χ1v) is 6.92. The zero-order valence-electron chi connectivity index (χ0n) is 11.3. The Kier molecular flexibility index (Phi) is 5.92. The van der Waals surface area contributed by atoms with Crippen molar-refractivity contribution in [3.8, 4) is 0 Å². The van der Waals surface area contributed by atoms with E-state index in [-0.39, 0.29) is 6.04 Å². The number of hydrogen-bond acceptors (Lipinski definition) is 2. The molecular weight excluding hydrogens is 241 g/mol. The first-order valence-electron chi connectivity index (χ1n) is 6.92. The van der Waals surface area contributed by atoms with Crippen molar-refractivity contribution in [3.63, 3.8) is 0 Å². The van der Waals surface area contributed by atoms with E-state index in [4.69, 9.17) is 5.73 Å². The van der Waals surface area contributed by atoms with Gasteiger partial charge < -0.3 is 5.73 Å². The summed E-state index contributed by atoms with van der Waals surface area (Å²) in [5, 5.41) is 0. The van der Waals surface area contributed by atoms with Gasteiger partial charge in [-0.15, -0.1) is 0 Å². The third-order valence-electron chi connectivity index (χ3n) is 4.05. The van der Waals surface area contributed by atoms with Gasteiger partial charge in [0.25, 0.3) is 0 Å². The third-order valence-corrected chi connectivity index (χ3v) is 4.05. The van der Waals surface area contributed by atoms with E-state index in [1.165, 1.54) is 4.90 Å². The highest BCUT2D eigenvalue weighted by Crippen LogP contribution is 2.31. The normalized spacial score (nSPS) is 22.8. The van der Waals surface area contributed by atoms with Crippen LogP contribution in [0.1, 0.15) is 51.9 Å². The van der Waals surface area contributed by atoms with Crippen LogP contribution in [-0.2, 0) is 0 Å². The molecule has 0 aromatic carbocycles. The minimum atomic E-state index is -4.24. The number of nitrogens with two attached hydrogens (primary N) is 1. The summed E-state index contributed by atoms with van der Waals surface area (Å²) < 4.78 is 39.4. The molecule has 1 aliphatic carbocycles. The van der Waals surface area contributed by atoms with Crippen LogP contribution in [0.2, 0.25) is 0 Å². The van der Waals surface area contributed by atoms with E-state index in [2.05, 4.69) is 0 Å². The molecule has 0 radical (unpaired) electrons. The summed E-state index contributed by atoms with van der Waals surface area (Å²) in [6, 6.07) is -2.32. The van der Waals surface area contributed by atoms with Crippen molar-refractivity contribution in [2.75, 3.05) is 7.05 Å². The van der Waals surface area contributed by atoms with Crippen molar-refractivity contribution in [2.45, 2.75) is 76.2 Å². The van der Waals surface area contributed by atoms with Crippen LogP contribution in [0.15, 0.2) is 0 Å². The van der Waals surface area contributed by atoms with Crippen molar-refractivity contribution in [1.29, 1.82) is 0 Å². The monoisotopic (exact) mass is 266 g/mol. The fraction of sp³-hybridized carbons (Fsp3) is 1.00. The molecule has 0 aromatic heterocycles. The topological polar surface area (TPSA) is 29.3 Å². The van der Waals surface area contributed by atoms with Gasteiger partial charge in [-0.05, 0) is 26.3 Å². The SMILES string of the molecule is CCC(N)C(N(C)C1CCCCCC1)C(F)(F)F. The first-order chi connectivity index (χ1) is 8.38. The highest BCUT2D eigenvalue weighted by atomic mass is 19.4. The van der Waals surface area contributed by atoms with E-state index >= 15 is 0 Å². The van der Waals surface area contributed by atoms with Gasteiger partial charge in [-0.1, -0.05) is 32.6 Å². The Labute approximate surface area is 108 Å². The molecule has 1 rings (SSSR count). The van der Waals surface area contributed by atoms with Crippen molar-refractivity contribution in [1.82, 2.24) is 4.90 Å². The molecule has 0 aromatic rings. The van der Waals surface area contributed by atoms with Gasteiger partial charge in [0.2, 0.25) is 0 Å². The summed E-state index contributed by atoms with van der Waals surface area (Å²) in [4.78, 5) is 1.49. The van der Waals surface area contributed by atoms with Gasteiger partial charge in [-0.3, -0.25) is 4.90 Å². The van der Waals surface area contributed by atoms with E-state index in [1.807, 2.05) is 0 Å². The van der Waals surface area contributed by atoms with E-state index < -0.39 is 18.3 Å². The van der Waals surface area contributed by atoms with E-state index in [0.29, 0.717) is 6.42 Å². The number of nitrogens with zero attached hydrogens (tertiary/aromatic N) is 1. The molecule has 0 bridgehead atoms. The number of rotatable bonds is 4. The highest BCUT2D eigenvalue weighted by molar-refractivity contribution is 4.89. The lowest BCUT2D eigenvalue weighted by atomic mass is 9.99. The zero-order valence-corrected chi connectivity index (χ0v) is 11.3. The lowest BCUT2D eigenvalue weighted by Crippen LogP contribution is -2.57. The summed E-state index contributed by atoms with van der Waals surface area (Å²) in [7, 11) is 1.59. The summed E-state index contributed by atoms with van der Waals surface area (Å²) in [5.41, 5.74) is 5.69. The molecule has 2 atom stereocenters. The maximum Gasteiger partial charge on any atom is 0.405 e. The summed E-state index contributed by atoms with van der Waals surface area (Å²) >= 11 is 0. The molecule has 0 heterocycles. The van der Waals surface area contributed by atoms with Gasteiger partial charge >= 0.3 is 6.18 Å². The number of likely N-dealkylation sites (N-methyl/N-ethyl adjacent to an activating group) is 1. The average Bonchev–Trinajstić information content (AvgIpc) is 2.55. The summed E-state index contributed by atoms with van der Waals surface area (Å²) in [5.74, 6) is 0. The first kappa shape index (κ1) is 15.8. The average molecular weight is 266 g/mol. The van der Waals surface area contributed by atoms with Gasteiger partial charge in [-0.2, -0.15) is 13.2 Å². The second-order valence-electron chi connectivity index (χ2n) is 5.37. The Morgan fingerprint density at radius 3 is 2.06 bits per heavy atom. The number of halogens is 3. The van der Waals surface area contributed by atoms with Gasteiger partial charge in [0, 0.05) is 12.1 Å². The van der Waals surface area contributed by atoms with Gasteiger partial charge in [-0.25, -0.2) is 0 Å². The Morgan fingerprint density at radius 2 is 1.67 bits per heavy atom. The Bertz CT molecular complexity index is 235. The lowest BCUT2D eigenvalue weighted by molar-refractivity contribution is -0.192. The molecule has 2 unspecified atom stereocenters. The van der Waals surface area contributed by atoms with Crippen LogP contribution < -0.4 is 5.73 Å². The van der Waals surface area contributed by atoms with Crippen LogP contribution in [0.3, 0.4) is 0 Å². The van der Waals surface area contributed by atoms with Gasteiger partial charge in [0.1, 0.15) is 6.04 Å². The van der Waals surface area contributed by atoms with Crippen LogP contribution >= 0.6 is 0 Å². The molecule has 0 amide bonds. The molecule has 1 saturated carbocycles. The third kappa shape index (κ3) is 4.12. The van der Waals surface area contributed by atoms with E-state index in [0.717, 1.165) is 38.5 Å². The van der Waals surface area contributed by atoms with Crippen LogP contribution in [0.5, 0.6) is 0 Å². The second-order valence-corrected chi connectivity index (χ2v) is 5.37. The highest BCUT2D eigenvalue weighted by Gasteiger charge is 2.47. The Balaban J connectivity index is 2.77. The predicted octanol–water partition coefficient (Wildman–Crippen LogP) is 3.31. The number of alkyl halides is 3. The Morgan fingerprint density at radius 1 is 1.17 bits per heavy atom. The van der Waals surface area contributed by atoms with Crippen molar-refractivity contribution < 1.29 is 13.2 Å². The van der Waals surface area contributed by atoms with Crippen molar-refractivity contribution in [2.24, 2.45) is 5.73 Å². The minimum absolute atomic E-state index is 0.0247. The molecule has 2 nitrogen and oxygen atoms in total. The predicted molar refractivity (Wildman–Crippen MR) is 67.4 cm³/mol. The standard InChI is InChI=1S/C13H25F3N2/c1-3-11(17)12(13(14,15)16)18(2)10-8-6-4-5-7-9-10/h10-12H,3-9,17H2,1-2H3. The van der Waals surface area contributed by atoms with Crippen LogP contribution in [-0.4, -0.2) is 36.2 Å². The van der Waals surface area contributed by atoms with Crippen LogP contribution in [0, 0.1) is 0 Å². The van der Waals surface area contributed by atoms with Crippen molar-refractivity contribution >= 4 is 0 Å². The molecule has 2 N–H and O–H groups in total. The van der Waals surface area contributed by atoms with Gasteiger partial charge in [0.15, 0.2) is 0 Å². The molecule has 0 saturated heterocycles. The smallest absolute Gasteiger partial charge is 0.326 e. The molecule has 18 heavy (non-hydrogen) atoms. The quantitative estimate of drug-likeness (QED) is 0.791. The minimum Gasteiger partial charge on any atom is -0.326 e. The molecule has 1 aliphatic rings.